The number of benzene rings is 1. The maximum absolute atomic E-state index is 10.9. The Hall–Kier alpha value is -2.04. The van der Waals surface area contributed by atoms with Crippen LogP contribution in [0.1, 0.15) is 33.6 Å². The van der Waals surface area contributed by atoms with Gasteiger partial charge in [0.05, 0.1) is 12.2 Å². The summed E-state index contributed by atoms with van der Waals surface area (Å²) in [4.78, 5) is 21.7. The van der Waals surface area contributed by atoms with E-state index in [4.69, 9.17) is 14.9 Å². The van der Waals surface area contributed by atoms with Crippen molar-refractivity contribution in [2.24, 2.45) is 5.92 Å². The molecule has 0 spiro atoms. The Kier molecular flexibility index (Phi) is 2.99. The van der Waals surface area contributed by atoms with Crippen molar-refractivity contribution >= 4 is 11.9 Å². The average molecular weight is 236 g/mol. The molecule has 0 radical (unpaired) electrons. The van der Waals surface area contributed by atoms with Gasteiger partial charge in [0.2, 0.25) is 0 Å². The number of hydrogen-bond donors (Lipinski definition) is 2. The number of ether oxygens (including phenoxy) is 1. The molecule has 0 unspecified atom stereocenters. The molecule has 0 atom stereocenters. The zero-order valence-corrected chi connectivity index (χ0v) is 9.05. The highest BCUT2D eigenvalue weighted by molar-refractivity contribution is 5.94. The Morgan fingerprint density at radius 3 is 2.47 bits per heavy atom. The molecule has 0 aliphatic heterocycles. The second-order valence-corrected chi connectivity index (χ2v) is 4.08. The molecule has 0 saturated heterocycles. The lowest BCUT2D eigenvalue weighted by atomic mass is 10.1. The maximum Gasteiger partial charge on any atom is 0.339 e. The van der Waals surface area contributed by atoms with Gasteiger partial charge in [0.1, 0.15) is 11.3 Å². The average Bonchev–Trinajstić information content (AvgIpc) is 3.09. The number of carboxylic acids is 2. The predicted octanol–water partition coefficient (Wildman–Crippen LogP) is 1.87. The van der Waals surface area contributed by atoms with Gasteiger partial charge < -0.3 is 14.9 Å². The van der Waals surface area contributed by atoms with Crippen molar-refractivity contribution < 1.29 is 24.5 Å². The van der Waals surface area contributed by atoms with Crippen LogP contribution in [-0.2, 0) is 0 Å². The van der Waals surface area contributed by atoms with Crippen molar-refractivity contribution in [3.05, 3.63) is 29.3 Å². The number of carboxylic acid groups (broad SMARTS) is 2. The fourth-order valence-electron chi connectivity index (χ4n) is 1.44. The molecular formula is C12H12O5. The van der Waals surface area contributed by atoms with Gasteiger partial charge in [-0.3, -0.25) is 0 Å². The summed E-state index contributed by atoms with van der Waals surface area (Å²) in [5.41, 5.74) is 0.0245. The molecule has 17 heavy (non-hydrogen) atoms. The Morgan fingerprint density at radius 2 is 1.94 bits per heavy atom. The lowest BCUT2D eigenvalue weighted by Crippen LogP contribution is -2.07. The van der Waals surface area contributed by atoms with Crippen LogP contribution in [0, 0.1) is 5.92 Å². The molecule has 5 nitrogen and oxygen atoms in total. The number of rotatable bonds is 5. The Bertz CT molecular complexity index is 462. The van der Waals surface area contributed by atoms with Gasteiger partial charge in [0.25, 0.3) is 0 Å². The third-order valence-electron chi connectivity index (χ3n) is 2.63. The second-order valence-electron chi connectivity index (χ2n) is 4.08. The first kappa shape index (κ1) is 11.4. The first-order valence-corrected chi connectivity index (χ1v) is 5.31. The summed E-state index contributed by atoms with van der Waals surface area (Å²) in [6.07, 6.45) is 2.17. The highest BCUT2D eigenvalue weighted by atomic mass is 16.5. The van der Waals surface area contributed by atoms with E-state index >= 15 is 0 Å². The molecule has 0 bridgehead atoms. The molecular weight excluding hydrogens is 224 g/mol. The van der Waals surface area contributed by atoms with Crippen molar-refractivity contribution in [1.82, 2.24) is 0 Å². The highest BCUT2D eigenvalue weighted by Gasteiger charge is 2.23. The standard InChI is InChI=1S/C12H12O5/c13-11(14)8-3-4-9(12(15)16)10(5-8)17-6-7-1-2-7/h3-5,7H,1-2,6H2,(H,13,14)(H,15,16). The molecule has 2 N–H and O–H groups in total. The van der Waals surface area contributed by atoms with Crippen LogP contribution in [0.4, 0.5) is 0 Å². The molecule has 1 aliphatic rings. The molecule has 0 heterocycles. The summed E-state index contributed by atoms with van der Waals surface area (Å²) in [6, 6.07) is 3.78. The highest BCUT2D eigenvalue weighted by Crippen LogP contribution is 2.30. The first-order valence-electron chi connectivity index (χ1n) is 5.31. The minimum Gasteiger partial charge on any atom is -0.492 e. The SMILES string of the molecule is O=C(O)c1ccc(C(=O)O)c(OCC2CC2)c1. The molecule has 0 aromatic heterocycles. The van der Waals surface area contributed by atoms with Crippen molar-refractivity contribution in [2.75, 3.05) is 6.61 Å². The van der Waals surface area contributed by atoms with Crippen molar-refractivity contribution in [3.63, 3.8) is 0 Å². The summed E-state index contributed by atoms with van der Waals surface area (Å²) in [5.74, 6) is -1.61. The summed E-state index contributed by atoms with van der Waals surface area (Å²) >= 11 is 0. The predicted molar refractivity (Wildman–Crippen MR) is 58.6 cm³/mol. The van der Waals surface area contributed by atoms with Crippen LogP contribution in [0.25, 0.3) is 0 Å². The number of aromatic carboxylic acids is 2. The third kappa shape index (κ3) is 2.75. The van der Waals surface area contributed by atoms with E-state index < -0.39 is 11.9 Å². The van der Waals surface area contributed by atoms with E-state index in [1.54, 1.807) is 0 Å². The molecule has 5 heteroatoms. The zero-order valence-electron chi connectivity index (χ0n) is 9.05. The third-order valence-corrected chi connectivity index (χ3v) is 2.63. The minimum atomic E-state index is -1.12. The van der Waals surface area contributed by atoms with Gasteiger partial charge in [-0.15, -0.1) is 0 Å². The van der Waals surface area contributed by atoms with Gasteiger partial charge in [-0.05, 0) is 37.0 Å². The maximum atomic E-state index is 10.9. The van der Waals surface area contributed by atoms with Crippen LogP contribution in [0.15, 0.2) is 18.2 Å². The van der Waals surface area contributed by atoms with Crippen molar-refractivity contribution in [1.29, 1.82) is 0 Å². The van der Waals surface area contributed by atoms with Gasteiger partial charge in [0, 0.05) is 0 Å². The van der Waals surface area contributed by atoms with Gasteiger partial charge in [0.15, 0.2) is 0 Å². The van der Waals surface area contributed by atoms with Gasteiger partial charge >= 0.3 is 11.9 Å². The van der Waals surface area contributed by atoms with Crippen LogP contribution in [-0.4, -0.2) is 28.8 Å². The second kappa shape index (κ2) is 4.45. The summed E-state index contributed by atoms with van der Waals surface area (Å²) in [7, 11) is 0. The molecule has 90 valence electrons. The van der Waals surface area contributed by atoms with Crippen LogP contribution >= 0.6 is 0 Å². The molecule has 1 aromatic carbocycles. The van der Waals surface area contributed by atoms with E-state index in [0.717, 1.165) is 12.8 Å². The zero-order chi connectivity index (χ0) is 12.4. The van der Waals surface area contributed by atoms with E-state index in [0.29, 0.717) is 12.5 Å². The van der Waals surface area contributed by atoms with Crippen LogP contribution < -0.4 is 4.74 Å². The van der Waals surface area contributed by atoms with Gasteiger partial charge in [-0.1, -0.05) is 0 Å². The fraction of sp³-hybridized carbons (Fsp3) is 0.333. The lowest BCUT2D eigenvalue weighted by Gasteiger charge is -2.09. The van der Waals surface area contributed by atoms with Gasteiger partial charge in [-0.25, -0.2) is 9.59 Å². The van der Waals surface area contributed by atoms with E-state index in [9.17, 15) is 9.59 Å². The monoisotopic (exact) mass is 236 g/mol. The van der Waals surface area contributed by atoms with E-state index in [1.807, 2.05) is 0 Å². The Balaban J connectivity index is 2.24. The molecule has 1 fully saturated rings. The topological polar surface area (TPSA) is 83.8 Å². The Morgan fingerprint density at radius 1 is 1.24 bits per heavy atom. The molecule has 0 amide bonds. The van der Waals surface area contributed by atoms with Crippen molar-refractivity contribution in [2.45, 2.75) is 12.8 Å². The first-order chi connectivity index (χ1) is 8.08. The summed E-state index contributed by atoms with van der Waals surface area (Å²) < 4.78 is 5.37. The minimum absolute atomic E-state index is 0.00403. The summed E-state index contributed by atoms with van der Waals surface area (Å²) in [5, 5.41) is 17.8. The lowest BCUT2D eigenvalue weighted by molar-refractivity contribution is 0.0676. The molecule has 2 rings (SSSR count). The summed E-state index contributed by atoms with van der Waals surface area (Å²) in [6.45, 7) is 0.448. The molecule has 1 saturated carbocycles. The van der Waals surface area contributed by atoms with E-state index in [-0.39, 0.29) is 16.9 Å². The number of hydrogen-bond acceptors (Lipinski definition) is 3. The van der Waals surface area contributed by atoms with E-state index in [2.05, 4.69) is 0 Å². The molecule has 1 aliphatic carbocycles. The van der Waals surface area contributed by atoms with Crippen molar-refractivity contribution in [3.8, 4) is 5.75 Å². The van der Waals surface area contributed by atoms with Crippen LogP contribution in [0.2, 0.25) is 0 Å². The van der Waals surface area contributed by atoms with Gasteiger partial charge in [-0.2, -0.15) is 0 Å². The van der Waals surface area contributed by atoms with E-state index in [1.165, 1.54) is 18.2 Å². The smallest absolute Gasteiger partial charge is 0.339 e. The Labute approximate surface area is 97.6 Å². The van der Waals surface area contributed by atoms with Crippen LogP contribution in [0.5, 0.6) is 5.75 Å². The van der Waals surface area contributed by atoms with Crippen LogP contribution in [0.3, 0.4) is 0 Å². The quantitative estimate of drug-likeness (QED) is 0.815. The number of carbonyl (C=O) groups is 2. The largest absolute Gasteiger partial charge is 0.492 e. The molecule has 1 aromatic rings. The normalized spacial score (nSPS) is 14.4. The fourth-order valence-corrected chi connectivity index (χ4v) is 1.44.